The van der Waals surface area contributed by atoms with E-state index in [0.29, 0.717) is 17.4 Å². The highest BCUT2D eigenvalue weighted by Crippen LogP contribution is 2.29. The molecule has 6 heteroatoms. The minimum atomic E-state index is -3.43. The Labute approximate surface area is 127 Å². The summed E-state index contributed by atoms with van der Waals surface area (Å²) in [6, 6.07) is 7.24. The molecule has 0 aliphatic carbocycles. The van der Waals surface area contributed by atoms with Crippen LogP contribution in [-0.2, 0) is 10.0 Å². The number of benzene rings is 1. The summed E-state index contributed by atoms with van der Waals surface area (Å²) < 4.78 is 27.2. The Hall–Kier alpha value is -1.11. The van der Waals surface area contributed by atoms with Crippen LogP contribution in [0.2, 0.25) is 0 Å². The van der Waals surface area contributed by atoms with Crippen molar-refractivity contribution < 1.29 is 8.42 Å². The molecular formula is C15H25N3O2S. The number of anilines is 1. The fraction of sp³-hybridized carbons (Fsp3) is 0.600. The first-order valence-corrected chi connectivity index (χ1v) is 9.10. The van der Waals surface area contributed by atoms with Gasteiger partial charge in [-0.3, -0.25) is 0 Å². The lowest BCUT2D eigenvalue weighted by Crippen LogP contribution is -2.36. The van der Waals surface area contributed by atoms with Crippen LogP contribution >= 0.6 is 0 Å². The van der Waals surface area contributed by atoms with Crippen LogP contribution in [0.1, 0.15) is 26.2 Å². The molecule has 0 spiro atoms. The molecule has 3 N–H and O–H groups in total. The van der Waals surface area contributed by atoms with Gasteiger partial charge in [0.15, 0.2) is 0 Å². The van der Waals surface area contributed by atoms with Crippen molar-refractivity contribution in [3.05, 3.63) is 24.3 Å². The number of hydrogen-bond acceptors (Lipinski definition) is 4. The molecule has 1 aliphatic heterocycles. The van der Waals surface area contributed by atoms with Crippen LogP contribution in [0.5, 0.6) is 0 Å². The minimum Gasteiger partial charge on any atom is -0.370 e. The highest BCUT2D eigenvalue weighted by molar-refractivity contribution is 7.89. The van der Waals surface area contributed by atoms with Crippen molar-refractivity contribution in [2.45, 2.75) is 31.1 Å². The number of para-hydroxylation sites is 1. The molecule has 1 heterocycles. The average molecular weight is 311 g/mol. The van der Waals surface area contributed by atoms with Gasteiger partial charge in [0.05, 0.1) is 5.69 Å². The van der Waals surface area contributed by atoms with Gasteiger partial charge in [-0.2, -0.15) is 0 Å². The van der Waals surface area contributed by atoms with Crippen molar-refractivity contribution in [1.29, 1.82) is 0 Å². The Balaban J connectivity index is 2.18. The van der Waals surface area contributed by atoms with Crippen LogP contribution in [0.25, 0.3) is 0 Å². The zero-order valence-electron chi connectivity index (χ0n) is 12.6. The van der Waals surface area contributed by atoms with E-state index in [0.717, 1.165) is 44.6 Å². The molecule has 0 bridgehead atoms. The number of rotatable bonds is 6. The molecule has 1 aromatic rings. The van der Waals surface area contributed by atoms with Gasteiger partial charge in [0, 0.05) is 19.6 Å². The van der Waals surface area contributed by atoms with E-state index in [1.807, 2.05) is 12.1 Å². The highest BCUT2D eigenvalue weighted by Gasteiger charge is 2.24. The predicted octanol–water partition coefficient (Wildman–Crippen LogP) is 1.55. The minimum absolute atomic E-state index is 0.379. The fourth-order valence-corrected chi connectivity index (χ4v) is 4.18. The molecule has 0 aromatic heterocycles. The first-order chi connectivity index (χ1) is 10.1. The highest BCUT2D eigenvalue weighted by atomic mass is 32.2. The van der Waals surface area contributed by atoms with Gasteiger partial charge < -0.3 is 10.6 Å². The van der Waals surface area contributed by atoms with E-state index >= 15 is 0 Å². The van der Waals surface area contributed by atoms with Crippen LogP contribution in [0, 0.1) is 5.92 Å². The standard InChI is InChI=1S/C15H25N3O2S/c1-2-17-21(19,20)15-6-4-3-5-14(15)18-11-8-13(7-10-16)9-12-18/h3-6,13,17H,2,7-12,16H2,1H3. The Morgan fingerprint density at radius 3 is 2.57 bits per heavy atom. The predicted molar refractivity (Wildman–Crippen MR) is 85.9 cm³/mol. The number of nitrogens with zero attached hydrogens (tertiary/aromatic N) is 1. The summed E-state index contributed by atoms with van der Waals surface area (Å²) in [6.07, 6.45) is 3.21. The third-order valence-electron chi connectivity index (χ3n) is 4.02. The zero-order valence-corrected chi connectivity index (χ0v) is 13.4. The van der Waals surface area contributed by atoms with Gasteiger partial charge in [-0.15, -0.1) is 0 Å². The lowest BCUT2D eigenvalue weighted by Gasteiger charge is -2.34. The number of sulfonamides is 1. The van der Waals surface area contributed by atoms with Gasteiger partial charge in [0.2, 0.25) is 10.0 Å². The summed E-state index contributed by atoms with van der Waals surface area (Å²) in [5.41, 5.74) is 6.43. The Morgan fingerprint density at radius 2 is 1.95 bits per heavy atom. The van der Waals surface area contributed by atoms with Gasteiger partial charge in [0.25, 0.3) is 0 Å². The second-order valence-corrected chi connectivity index (χ2v) is 7.21. The van der Waals surface area contributed by atoms with E-state index in [1.165, 1.54) is 0 Å². The van der Waals surface area contributed by atoms with Gasteiger partial charge >= 0.3 is 0 Å². The third-order valence-corrected chi connectivity index (χ3v) is 5.61. The lowest BCUT2D eigenvalue weighted by atomic mass is 9.93. The molecule has 0 radical (unpaired) electrons. The molecule has 5 nitrogen and oxygen atoms in total. The molecule has 1 aliphatic rings. The van der Waals surface area contributed by atoms with Crippen molar-refractivity contribution >= 4 is 15.7 Å². The quantitative estimate of drug-likeness (QED) is 0.836. The van der Waals surface area contributed by atoms with Crippen molar-refractivity contribution in [3.8, 4) is 0 Å². The van der Waals surface area contributed by atoms with E-state index < -0.39 is 10.0 Å². The summed E-state index contributed by atoms with van der Waals surface area (Å²) >= 11 is 0. The summed E-state index contributed by atoms with van der Waals surface area (Å²) in [4.78, 5) is 2.56. The molecule has 0 atom stereocenters. The van der Waals surface area contributed by atoms with Gasteiger partial charge in [-0.05, 0) is 43.9 Å². The lowest BCUT2D eigenvalue weighted by molar-refractivity contribution is 0.385. The van der Waals surface area contributed by atoms with Crippen molar-refractivity contribution in [2.24, 2.45) is 11.7 Å². The molecule has 0 unspecified atom stereocenters. The number of hydrogen-bond donors (Lipinski definition) is 2. The van der Waals surface area contributed by atoms with Crippen LogP contribution in [-0.4, -0.2) is 34.6 Å². The van der Waals surface area contributed by atoms with E-state index in [9.17, 15) is 8.42 Å². The van der Waals surface area contributed by atoms with E-state index in [4.69, 9.17) is 5.73 Å². The number of nitrogens with two attached hydrogens (primary N) is 1. The SMILES string of the molecule is CCNS(=O)(=O)c1ccccc1N1CCC(CCN)CC1. The Morgan fingerprint density at radius 1 is 1.29 bits per heavy atom. The Kier molecular flexibility index (Phi) is 5.61. The second-order valence-electron chi connectivity index (χ2n) is 5.48. The average Bonchev–Trinajstić information content (AvgIpc) is 2.48. The Bertz CT molecular complexity index is 552. The molecule has 2 rings (SSSR count). The topological polar surface area (TPSA) is 75.4 Å². The fourth-order valence-electron chi connectivity index (χ4n) is 2.91. The van der Waals surface area contributed by atoms with E-state index in [-0.39, 0.29) is 0 Å². The second kappa shape index (κ2) is 7.24. The van der Waals surface area contributed by atoms with Crippen LogP contribution in [0.15, 0.2) is 29.2 Å². The monoisotopic (exact) mass is 311 g/mol. The van der Waals surface area contributed by atoms with E-state index in [1.54, 1.807) is 19.1 Å². The molecular weight excluding hydrogens is 286 g/mol. The van der Waals surface area contributed by atoms with Gasteiger partial charge in [0.1, 0.15) is 4.90 Å². The molecule has 118 valence electrons. The largest absolute Gasteiger partial charge is 0.370 e. The maximum Gasteiger partial charge on any atom is 0.242 e. The summed E-state index contributed by atoms with van der Waals surface area (Å²) in [7, 11) is -3.43. The molecule has 0 saturated carbocycles. The molecule has 0 amide bonds. The molecule has 1 fully saturated rings. The van der Waals surface area contributed by atoms with E-state index in [2.05, 4.69) is 9.62 Å². The number of piperidine rings is 1. The first kappa shape index (κ1) is 16.3. The summed E-state index contributed by atoms with van der Waals surface area (Å²) in [5.74, 6) is 0.670. The molecule has 1 saturated heterocycles. The molecule has 1 aromatic carbocycles. The summed E-state index contributed by atoms with van der Waals surface area (Å²) in [5, 5.41) is 0. The van der Waals surface area contributed by atoms with Crippen molar-refractivity contribution in [1.82, 2.24) is 4.72 Å². The first-order valence-electron chi connectivity index (χ1n) is 7.62. The van der Waals surface area contributed by atoms with Crippen molar-refractivity contribution in [2.75, 3.05) is 31.1 Å². The third kappa shape index (κ3) is 3.96. The molecule has 21 heavy (non-hydrogen) atoms. The van der Waals surface area contributed by atoms with Gasteiger partial charge in [-0.25, -0.2) is 13.1 Å². The summed E-state index contributed by atoms with van der Waals surface area (Å²) in [6.45, 7) is 4.70. The van der Waals surface area contributed by atoms with Crippen LogP contribution < -0.4 is 15.4 Å². The maximum atomic E-state index is 12.3. The zero-order chi connectivity index (χ0) is 15.3. The van der Waals surface area contributed by atoms with Crippen LogP contribution in [0.3, 0.4) is 0 Å². The number of nitrogens with one attached hydrogen (secondary N) is 1. The van der Waals surface area contributed by atoms with Gasteiger partial charge in [-0.1, -0.05) is 19.1 Å². The smallest absolute Gasteiger partial charge is 0.242 e. The van der Waals surface area contributed by atoms with Crippen LogP contribution in [0.4, 0.5) is 5.69 Å². The van der Waals surface area contributed by atoms with Crippen molar-refractivity contribution in [3.63, 3.8) is 0 Å². The maximum absolute atomic E-state index is 12.3. The normalized spacial score (nSPS) is 17.1.